The van der Waals surface area contributed by atoms with Crippen LogP contribution in [0.15, 0.2) is 78.9 Å². The Bertz CT molecular complexity index is 1930. The summed E-state index contributed by atoms with van der Waals surface area (Å²) in [7, 11) is 4.95. The first-order chi connectivity index (χ1) is 24.2. The number of likely N-dealkylation sites (tertiary alicyclic amines) is 1. The molecule has 6 rings (SSSR count). The van der Waals surface area contributed by atoms with E-state index in [1.165, 1.54) is 12.1 Å². The van der Waals surface area contributed by atoms with Gasteiger partial charge in [-0.1, -0.05) is 53.5 Å². The molecule has 1 atom stereocenters. The van der Waals surface area contributed by atoms with Gasteiger partial charge in [0.1, 0.15) is 17.3 Å². The van der Waals surface area contributed by atoms with Crippen LogP contribution in [-0.4, -0.2) is 79.2 Å². The number of likely N-dealkylation sites (N-methyl/N-ethyl adjacent to an activating group) is 1. The minimum absolute atomic E-state index is 0.0402. The van der Waals surface area contributed by atoms with E-state index in [4.69, 9.17) is 37.7 Å². The lowest BCUT2D eigenvalue weighted by Gasteiger charge is -2.34. The van der Waals surface area contributed by atoms with Crippen LogP contribution < -0.4 is 14.8 Å². The molecule has 0 saturated carbocycles. The quantitative estimate of drug-likeness (QED) is 0.127. The summed E-state index contributed by atoms with van der Waals surface area (Å²) in [5.74, 6) is 1.54. The highest BCUT2D eigenvalue weighted by molar-refractivity contribution is 6.42. The Morgan fingerprint density at radius 3 is 2.52 bits per heavy atom. The maximum atomic E-state index is 13.6. The van der Waals surface area contributed by atoms with Crippen LogP contribution in [-0.2, 0) is 6.42 Å². The second-order valence-corrected chi connectivity index (χ2v) is 13.7. The summed E-state index contributed by atoms with van der Waals surface area (Å²) in [6.45, 7) is 3.27. The minimum Gasteiger partial charge on any atom is -0.497 e. The number of piperidine rings is 1. The van der Waals surface area contributed by atoms with Crippen molar-refractivity contribution in [2.75, 3.05) is 52.8 Å². The Hall–Kier alpha value is -4.31. The first-order valence-electron chi connectivity index (χ1n) is 16.8. The number of nitrogens with one attached hydrogen (secondary N) is 2. The van der Waals surface area contributed by atoms with E-state index in [1.807, 2.05) is 49.5 Å². The third-order valence-electron chi connectivity index (χ3n) is 9.52. The van der Waals surface area contributed by atoms with Crippen molar-refractivity contribution in [3.8, 4) is 11.5 Å². The number of H-pyrrole nitrogens is 1. The summed E-state index contributed by atoms with van der Waals surface area (Å²) in [5, 5.41) is 4.63. The maximum absolute atomic E-state index is 13.6. The average Bonchev–Trinajstić information content (AvgIpc) is 3.55. The van der Waals surface area contributed by atoms with E-state index >= 15 is 0 Å². The Labute approximate surface area is 302 Å². The Balaban J connectivity index is 1.07. The molecule has 11 heteroatoms. The van der Waals surface area contributed by atoms with Gasteiger partial charge >= 0.3 is 0 Å². The second-order valence-electron chi connectivity index (χ2n) is 12.9. The van der Waals surface area contributed by atoms with Gasteiger partial charge in [-0.2, -0.15) is 0 Å². The van der Waals surface area contributed by atoms with Crippen molar-refractivity contribution in [2.45, 2.75) is 37.6 Å². The predicted molar refractivity (Wildman–Crippen MR) is 199 cm³/mol. The molecule has 1 saturated heterocycles. The van der Waals surface area contributed by atoms with Crippen LogP contribution in [0.5, 0.6) is 11.5 Å². The predicted octanol–water partition coefficient (Wildman–Crippen LogP) is 8.44. The molecule has 1 aromatic heterocycles. The van der Waals surface area contributed by atoms with Gasteiger partial charge in [-0.3, -0.25) is 4.79 Å². The topological polar surface area (TPSA) is 82.7 Å². The van der Waals surface area contributed by atoms with E-state index in [-0.39, 0.29) is 17.6 Å². The van der Waals surface area contributed by atoms with Gasteiger partial charge in [0.05, 0.1) is 40.9 Å². The van der Waals surface area contributed by atoms with Crippen molar-refractivity contribution in [1.82, 2.24) is 19.8 Å². The smallest absolute Gasteiger partial charge is 0.257 e. The molecule has 1 aliphatic heterocycles. The number of aromatic amines is 1. The summed E-state index contributed by atoms with van der Waals surface area (Å²) < 4.78 is 24.2. The Morgan fingerprint density at radius 1 is 1.02 bits per heavy atom. The second kappa shape index (κ2) is 16.1. The number of hydrogen-bond donors (Lipinski definition) is 2. The van der Waals surface area contributed by atoms with Crippen molar-refractivity contribution >= 4 is 46.1 Å². The molecule has 0 bridgehead atoms. The van der Waals surface area contributed by atoms with Crippen LogP contribution >= 0.6 is 23.2 Å². The number of ether oxygens (including phenoxy) is 2. The molecule has 1 aliphatic rings. The number of fused-ring (bicyclic) bond motifs is 1. The van der Waals surface area contributed by atoms with Gasteiger partial charge in [-0.15, -0.1) is 0 Å². The summed E-state index contributed by atoms with van der Waals surface area (Å²) in [6.07, 6.45) is 3.48. The highest BCUT2D eigenvalue weighted by Crippen LogP contribution is 2.31. The molecular weight excluding hydrogens is 676 g/mol. The first-order valence-corrected chi connectivity index (χ1v) is 17.6. The van der Waals surface area contributed by atoms with Crippen LogP contribution in [0.3, 0.4) is 0 Å². The van der Waals surface area contributed by atoms with Gasteiger partial charge in [0, 0.05) is 44.7 Å². The molecule has 0 radical (unpaired) electrons. The molecule has 1 unspecified atom stereocenters. The molecule has 0 spiro atoms. The molecule has 1 amide bonds. The van der Waals surface area contributed by atoms with E-state index < -0.39 is 0 Å². The van der Waals surface area contributed by atoms with Gasteiger partial charge < -0.3 is 29.6 Å². The third-order valence-corrected chi connectivity index (χ3v) is 10.3. The zero-order chi connectivity index (χ0) is 35.2. The van der Waals surface area contributed by atoms with Gasteiger partial charge in [0.15, 0.2) is 0 Å². The Kier molecular flexibility index (Phi) is 11.5. The fraction of sp³-hybridized carbons (Fsp3) is 0.333. The van der Waals surface area contributed by atoms with E-state index in [0.717, 1.165) is 72.6 Å². The lowest BCUT2D eigenvalue weighted by atomic mass is 9.94. The number of imidazole rings is 1. The number of halogens is 3. The van der Waals surface area contributed by atoms with Crippen LogP contribution in [0.25, 0.3) is 11.0 Å². The van der Waals surface area contributed by atoms with Gasteiger partial charge in [0.2, 0.25) is 5.95 Å². The van der Waals surface area contributed by atoms with Crippen LogP contribution in [0.2, 0.25) is 10.0 Å². The van der Waals surface area contributed by atoms with Gasteiger partial charge in [0.25, 0.3) is 5.91 Å². The van der Waals surface area contributed by atoms with E-state index in [1.54, 1.807) is 37.3 Å². The monoisotopic (exact) mass is 717 g/mol. The third kappa shape index (κ3) is 8.52. The number of nitrogens with zero attached hydrogens (tertiary/aromatic N) is 3. The normalized spacial score (nSPS) is 14.4. The number of amides is 1. The highest BCUT2D eigenvalue weighted by atomic mass is 35.5. The zero-order valence-corrected chi connectivity index (χ0v) is 30.0. The number of hydrogen-bond acceptors (Lipinski definition) is 6. The lowest BCUT2D eigenvalue weighted by molar-refractivity contribution is 0.0778. The van der Waals surface area contributed by atoms with Crippen molar-refractivity contribution in [2.24, 2.45) is 0 Å². The first kappa shape index (κ1) is 35.5. The SMILES string of the molecule is COc1ccc(C(=O)N(C)CC(CCN2CCC(Nc3nc4c(Cc5ccc(F)cc5)cccc4[nH]3)CC2)c2ccc(Cl)c(Cl)c2)c(OC)c1. The molecular formula is C39H42Cl2FN5O3. The van der Waals surface area contributed by atoms with E-state index in [2.05, 4.69) is 21.3 Å². The van der Waals surface area contributed by atoms with Gasteiger partial charge in [-0.05, 0) is 91.4 Å². The molecule has 4 aromatic carbocycles. The molecule has 2 heterocycles. The molecule has 2 N–H and O–H groups in total. The van der Waals surface area contributed by atoms with Gasteiger partial charge in [-0.25, -0.2) is 9.37 Å². The van der Waals surface area contributed by atoms with Crippen molar-refractivity contribution in [3.05, 3.63) is 117 Å². The summed E-state index contributed by atoms with van der Waals surface area (Å²) in [4.78, 5) is 26.2. The maximum Gasteiger partial charge on any atom is 0.257 e. The number of benzene rings is 4. The fourth-order valence-electron chi connectivity index (χ4n) is 6.68. The molecule has 262 valence electrons. The molecule has 5 aromatic rings. The summed E-state index contributed by atoms with van der Waals surface area (Å²) in [6, 6.07) is 24.0. The van der Waals surface area contributed by atoms with Crippen molar-refractivity contribution in [1.29, 1.82) is 0 Å². The van der Waals surface area contributed by atoms with E-state index in [0.29, 0.717) is 46.1 Å². The zero-order valence-electron chi connectivity index (χ0n) is 28.5. The van der Waals surface area contributed by atoms with Crippen LogP contribution in [0.4, 0.5) is 10.3 Å². The number of carbonyl (C=O) groups is 1. The number of rotatable bonds is 13. The van der Waals surface area contributed by atoms with Crippen molar-refractivity contribution in [3.63, 3.8) is 0 Å². The minimum atomic E-state index is -0.234. The van der Waals surface area contributed by atoms with E-state index in [9.17, 15) is 9.18 Å². The number of anilines is 1. The molecule has 50 heavy (non-hydrogen) atoms. The number of carbonyl (C=O) groups excluding carboxylic acids is 1. The summed E-state index contributed by atoms with van der Waals surface area (Å²) in [5.41, 5.74) is 5.57. The fourth-order valence-corrected chi connectivity index (χ4v) is 6.99. The van der Waals surface area contributed by atoms with Crippen LogP contribution in [0, 0.1) is 5.82 Å². The standard InChI is InChI=1S/C39H42Cl2FN5O3/c1-46(38(48)32-13-12-31(49-2)23-36(32)50-3)24-28(26-9-14-33(40)34(41)22-26)15-18-47-19-16-30(17-20-47)43-39-44-35-6-4-5-27(37(35)45-39)21-25-7-10-29(42)11-8-25/h4-14,22-23,28,30H,15-21,24H2,1-3H3,(H2,43,44,45). The average molecular weight is 719 g/mol. The number of para-hydroxylation sites is 1. The van der Waals surface area contributed by atoms with Crippen LogP contribution in [0.1, 0.15) is 52.2 Å². The lowest BCUT2D eigenvalue weighted by Crippen LogP contribution is -2.40. The Morgan fingerprint density at radius 2 is 1.80 bits per heavy atom. The largest absolute Gasteiger partial charge is 0.497 e. The molecule has 8 nitrogen and oxygen atoms in total. The molecule has 1 fully saturated rings. The summed E-state index contributed by atoms with van der Waals surface area (Å²) >= 11 is 12.7. The number of methoxy groups -OCH3 is 2. The molecule has 0 aliphatic carbocycles. The highest BCUT2D eigenvalue weighted by Gasteiger charge is 2.25. The van der Waals surface area contributed by atoms with Crippen molar-refractivity contribution < 1.29 is 18.7 Å². The number of aromatic nitrogens is 2.